The number of aliphatic hydroxyl groups excluding tert-OH is 12. The lowest BCUT2D eigenvalue weighted by Gasteiger charge is -2.49. The van der Waals surface area contributed by atoms with Crippen molar-refractivity contribution < 1.29 is 94.4 Å². The highest BCUT2D eigenvalue weighted by Gasteiger charge is 2.54. The number of hydrogen-bond donors (Lipinski definition) is 13. The van der Waals surface area contributed by atoms with Crippen molar-refractivity contribution in [1.82, 2.24) is 0 Å². The molecule has 4 aliphatic heterocycles. The lowest BCUT2D eigenvalue weighted by atomic mass is 9.95. The van der Waals surface area contributed by atoms with E-state index >= 15 is 0 Å². The standard InChI is InChI=1S/C25H45NO19S/c1-39-22-17(37)14(34)21(9(5-30)42-22)46-25-18(38)13(33)20(8(4-29)43-25)45-24-16(36)12(32)19(7(3-28)41-24)44-23-15(35)11(31)10(26)6(2-27)40-23/h6-25,27-38H,2-5,26H2,1H3. The van der Waals surface area contributed by atoms with Crippen molar-refractivity contribution in [3.63, 3.8) is 0 Å². The van der Waals surface area contributed by atoms with Gasteiger partial charge in [0.1, 0.15) is 78.7 Å². The van der Waals surface area contributed by atoms with E-state index in [0.717, 1.165) is 0 Å². The maximum absolute atomic E-state index is 11.0. The van der Waals surface area contributed by atoms with Crippen molar-refractivity contribution in [1.29, 1.82) is 0 Å². The SMILES string of the molecule is COC1OC(CO)C(SC2OC(CO)C(OC3OC(CO)C(OC4OC(CO)C(N)C(O)C4O)C(O)C3O)C(O)C2O)C(O)C1O. The molecule has 20 atom stereocenters. The molecule has 0 aliphatic carbocycles. The number of methoxy groups -OCH3 is 1. The zero-order valence-corrected chi connectivity index (χ0v) is 25.4. The Balaban J connectivity index is 1.43. The predicted octanol–water partition coefficient (Wildman–Crippen LogP) is -8.41. The van der Waals surface area contributed by atoms with Crippen LogP contribution >= 0.6 is 11.8 Å². The zero-order chi connectivity index (χ0) is 34.0. The van der Waals surface area contributed by atoms with Crippen LogP contribution in [0.4, 0.5) is 0 Å². The van der Waals surface area contributed by atoms with Crippen LogP contribution in [0, 0.1) is 0 Å². The summed E-state index contributed by atoms with van der Waals surface area (Å²) in [6.45, 7) is -2.90. The number of ether oxygens (including phenoxy) is 7. The largest absolute Gasteiger partial charge is 0.394 e. The van der Waals surface area contributed by atoms with Crippen LogP contribution in [-0.2, 0) is 33.2 Å². The molecule has 4 aliphatic rings. The van der Waals surface area contributed by atoms with Crippen molar-refractivity contribution in [2.45, 2.75) is 121 Å². The van der Waals surface area contributed by atoms with Gasteiger partial charge >= 0.3 is 0 Å². The highest BCUT2D eigenvalue weighted by molar-refractivity contribution is 8.00. The van der Waals surface area contributed by atoms with Crippen LogP contribution in [-0.4, -0.2) is 216 Å². The van der Waals surface area contributed by atoms with Gasteiger partial charge in [-0.05, 0) is 0 Å². The van der Waals surface area contributed by atoms with Gasteiger partial charge in [-0.25, -0.2) is 0 Å². The molecule has 0 aromatic rings. The Morgan fingerprint density at radius 2 is 0.957 bits per heavy atom. The van der Waals surface area contributed by atoms with Gasteiger partial charge in [-0.2, -0.15) is 0 Å². The van der Waals surface area contributed by atoms with Crippen LogP contribution in [0.5, 0.6) is 0 Å². The highest BCUT2D eigenvalue weighted by Crippen LogP contribution is 2.39. The molecule has 0 aromatic heterocycles. The fourth-order valence-corrected chi connectivity index (χ4v) is 7.26. The Morgan fingerprint density at radius 3 is 1.48 bits per heavy atom. The van der Waals surface area contributed by atoms with E-state index in [-0.39, 0.29) is 0 Å². The van der Waals surface area contributed by atoms with E-state index in [1.807, 2.05) is 0 Å². The molecular weight excluding hydrogens is 650 g/mol. The van der Waals surface area contributed by atoms with Crippen LogP contribution in [0.1, 0.15) is 0 Å². The molecule has 4 fully saturated rings. The van der Waals surface area contributed by atoms with E-state index in [0.29, 0.717) is 11.8 Å². The molecule has 4 heterocycles. The molecule has 0 aromatic carbocycles. The summed E-state index contributed by atoms with van der Waals surface area (Å²) in [4.78, 5) is 0. The Morgan fingerprint density at radius 1 is 0.522 bits per heavy atom. The highest BCUT2D eigenvalue weighted by atomic mass is 32.2. The molecule has 0 amide bonds. The number of hydrogen-bond acceptors (Lipinski definition) is 21. The van der Waals surface area contributed by atoms with Gasteiger partial charge in [0.2, 0.25) is 0 Å². The molecule has 4 saturated heterocycles. The lowest BCUT2D eigenvalue weighted by Crippen LogP contribution is -2.67. The van der Waals surface area contributed by atoms with Crippen molar-refractivity contribution in [2.24, 2.45) is 5.73 Å². The Kier molecular flexibility index (Phi) is 13.8. The quantitative estimate of drug-likeness (QED) is 0.0954. The van der Waals surface area contributed by atoms with Crippen molar-refractivity contribution in [2.75, 3.05) is 33.5 Å². The number of rotatable bonds is 11. The minimum Gasteiger partial charge on any atom is -0.394 e. The Bertz CT molecular complexity index is 938. The number of aliphatic hydroxyl groups is 12. The first kappa shape index (κ1) is 38.4. The first-order chi connectivity index (χ1) is 21.8. The van der Waals surface area contributed by atoms with Crippen LogP contribution in [0.15, 0.2) is 0 Å². The molecule has 0 saturated carbocycles. The topological polar surface area (TPSA) is 333 Å². The first-order valence-corrected chi connectivity index (χ1v) is 15.5. The van der Waals surface area contributed by atoms with E-state index in [1.54, 1.807) is 0 Å². The minimum atomic E-state index is -1.96. The summed E-state index contributed by atoms with van der Waals surface area (Å²) in [6.07, 6.45) is -26.9. The molecule has 0 spiro atoms. The van der Waals surface area contributed by atoms with E-state index < -0.39 is 147 Å². The molecule has 14 N–H and O–H groups in total. The van der Waals surface area contributed by atoms with Gasteiger partial charge in [-0.3, -0.25) is 0 Å². The molecular formula is C25H45NO19S. The first-order valence-electron chi connectivity index (χ1n) is 14.6. The van der Waals surface area contributed by atoms with Crippen molar-refractivity contribution in [3.8, 4) is 0 Å². The normalized spacial score (nSPS) is 52.0. The van der Waals surface area contributed by atoms with Gasteiger partial charge in [-0.1, -0.05) is 0 Å². The van der Waals surface area contributed by atoms with E-state index in [2.05, 4.69) is 0 Å². The average molecular weight is 696 g/mol. The summed E-state index contributed by atoms with van der Waals surface area (Å²) in [7, 11) is 1.23. The summed E-state index contributed by atoms with van der Waals surface area (Å²) >= 11 is 0.708. The third-order valence-corrected chi connectivity index (χ3v) is 10.1. The summed E-state index contributed by atoms with van der Waals surface area (Å²) in [5.41, 5.74) is 4.37. The van der Waals surface area contributed by atoms with E-state index in [9.17, 15) is 61.3 Å². The summed E-state index contributed by atoms with van der Waals surface area (Å²) in [5.74, 6) is 0. The van der Waals surface area contributed by atoms with E-state index in [4.69, 9.17) is 38.9 Å². The van der Waals surface area contributed by atoms with Crippen LogP contribution in [0.3, 0.4) is 0 Å². The molecule has 21 heteroatoms. The summed E-state index contributed by atoms with van der Waals surface area (Å²) in [5, 5.41) is 123. The van der Waals surface area contributed by atoms with Crippen LogP contribution < -0.4 is 5.73 Å². The number of nitrogens with two attached hydrogens (primary N) is 1. The molecule has 4 rings (SSSR count). The summed E-state index contributed by atoms with van der Waals surface area (Å²) in [6, 6.07) is -1.17. The fraction of sp³-hybridized carbons (Fsp3) is 1.00. The van der Waals surface area contributed by atoms with Gasteiger partial charge in [0, 0.05) is 7.11 Å². The Labute approximate surface area is 266 Å². The zero-order valence-electron chi connectivity index (χ0n) is 24.6. The monoisotopic (exact) mass is 695 g/mol. The second-order valence-corrected chi connectivity index (χ2v) is 12.7. The lowest BCUT2D eigenvalue weighted by molar-refractivity contribution is -0.366. The molecule has 20 nitrogen and oxygen atoms in total. The second kappa shape index (κ2) is 16.5. The Hall–Kier alpha value is -0.450. The predicted molar refractivity (Wildman–Crippen MR) is 147 cm³/mol. The summed E-state index contributed by atoms with van der Waals surface area (Å²) < 4.78 is 38.3. The van der Waals surface area contributed by atoms with Crippen LogP contribution in [0.2, 0.25) is 0 Å². The van der Waals surface area contributed by atoms with Gasteiger partial charge < -0.3 is 100 Å². The van der Waals surface area contributed by atoms with E-state index in [1.165, 1.54) is 7.11 Å². The van der Waals surface area contributed by atoms with Gasteiger partial charge in [0.05, 0.1) is 49.9 Å². The van der Waals surface area contributed by atoms with Gasteiger partial charge in [0.25, 0.3) is 0 Å². The second-order valence-electron chi connectivity index (χ2n) is 11.4. The average Bonchev–Trinajstić information content (AvgIpc) is 3.05. The smallest absolute Gasteiger partial charge is 0.187 e. The third-order valence-electron chi connectivity index (χ3n) is 8.51. The molecule has 46 heavy (non-hydrogen) atoms. The molecule has 20 unspecified atom stereocenters. The van der Waals surface area contributed by atoms with Crippen molar-refractivity contribution in [3.05, 3.63) is 0 Å². The third kappa shape index (κ3) is 7.65. The molecule has 0 bridgehead atoms. The number of thioether (sulfide) groups is 1. The van der Waals surface area contributed by atoms with Crippen LogP contribution in [0.25, 0.3) is 0 Å². The fourth-order valence-electron chi connectivity index (χ4n) is 5.78. The molecule has 0 radical (unpaired) electrons. The van der Waals surface area contributed by atoms with Gasteiger partial charge in [0.15, 0.2) is 18.9 Å². The molecule has 270 valence electrons. The maximum Gasteiger partial charge on any atom is 0.187 e. The van der Waals surface area contributed by atoms with Crippen molar-refractivity contribution >= 4 is 11.8 Å². The van der Waals surface area contributed by atoms with Gasteiger partial charge in [-0.15, -0.1) is 11.8 Å². The maximum atomic E-state index is 11.0. The minimum absolute atomic E-state index is 0.611.